The Kier molecular flexibility index (Phi) is 7.10. The van der Waals surface area contributed by atoms with Crippen LogP contribution in [0.1, 0.15) is 31.9 Å². The number of methoxy groups -OCH3 is 3. The van der Waals surface area contributed by atoms with E-state index in [-0.39, 0.29) is 11.5 Å². The van der Waals surface area contributed by atoms with Gasteiger partial charge in [-0.2, -0.15) is 5.26 Å². The second-order valence-corrected chi connectivity index (χ2v) is 8.90. The summed E-state index contributed by atoms with van der Waals surface area (Å²) in [6.07, 6.45) is 0. The topological polar surface area (TPSA) is 94.6 Å². The summed E-state index contributed by atoms with van der Waals surface area (Å²) in [4.78, 5) is 13.6. The summed E-state index contributed by atoms with van der Waals surface area (Å²) in [7, 11) is 4.47. The fourth-order valence-electron chi connectivity index (χ4n) is 2.97. The lowest BCUT2D eigenvalue weighted by Gasteiger charge is -2.13. The number of ether oxygens (including phenoxy) is 3. The average Bonchev–Trinajstić information content (AvgIpc) is 3.12. The number of hydrogen-bond donors (Lipinski definition) is 1. The molecule has 1 aromatic heterocycles. The SMILES string of the molecule is COc1cc(C(=O)c2sc(SCc3ccc(C)cc3)c(C#N)c2N)cc(OC)c1OC. The molecule has 0 saturated heterocycles. The highest BCUT2D eigenvalue weighted by Gasteiger charge is 2.25. The van der Waals surface area contributed by atoms with Crippen molar-refractivity contribution in [3.05, 3.63) is 63.5 Å². The Balaban J connectivity index is 1.95. The third-order valence-corrected chi connectivity index (χ3v) is 7.19. The van der Waals surface area contributed by atoms with Crippen molar-refractivity contribution in [1.82, 2.24) is 0 Å². The second-order valence-electron chi connectivity index (χ2n) is 6.64. The zero-order chi connectivity index (χ0) is 22.5. The second kappa shape index (κ2) is 9.77. The molecule has 0 fully saturated rings. The molecule has 0 amide bonds. The summed E-state index contributed by atoms with van der Waals surface area (Å²) in [6.45, 7) is 2.03. The van der Waals surface area contributed by atoms with Crippen LogP contribution in [0.25, 0.3) is 0 Å². The number of thioether (sulfide) groups is 1. The van der Waals surface area contributed by atoms with Gasteiger partial charge in [0.05, 0.1) is 31.2 Å². The predicted octanol–water partition coefficient (Wildman–Crippen LogP) is 5.06. The van der Waals surface area contributed by atoms with Crippen LogP contribution in [0.3, 0.4) is 0 Å². The Morgan fingerprint density at radius 2 is 1.71 bits per heavy atom. The van der Waals surface area contributed by atoms with Crippen LogP contribution in [0.4, 0.5) is 5.69 Å². The molecule has 0 saturated carbocycles. The molecule has 8 heteroatoms. The number of hydrogen-bond acceptors (Lipinski definition) is 8. The lowest BCUT2D eigenvalue weighted by Crippen LogP contribution is -2.05. The zero-order valence-electron chi connectivity index (χ0n) is 17.6. The van der Waals surface area contributed by atoms with E-state index < -0.39 is 0 Å². The van der Waals surface area contributed by atoms with Crippen LogP contribution in [0.15, 0.2) is 40.6 Å². The number of nitriles is 1. The molecule has 0 unspecified atom stereocenters. The third kappa shape index (κ3) is 4.63. The summed E-state index contributed by atoms with van der Waals surface area (Å²) >= 11 is 2.72. The largest absolute Gasteiger partial charge is 0.493 e. The van der Waals surface area contributed by atoms with Gasteiger partial charge in [0.15, 0.2) is 11.5 Å². The Morgan fingerprint density at radius 3 is 2.23 bits per heavy atom. The van der Waals surface area contributed by atoms with Crippen molar-refractivity contribution in [2.75, 3.05) is 27.1 Å². The van der Waals surface area contributed by atoms with E-state index in [2.05, 4.69) is 6.07 Å². The number of rotatable bonds is 8. The fourth-order valence-corrected chi connectivity index (χ4v) is 5.29. The summed E-state index contributed by atoms with van der Waals surface area (Å²) in [5.74, 6) is 1.50. The number of carbonyl (C=O) groups excluding carboxylic acids is 1. The van der Waals surface area contributed by atoms with E-state index >= 15 is 0 Å². The van der Waals surface area contributed by atoms with Gasteiger partial charge in [0.2, 0.25) is 11.5 Å². The Labute approximate surface area is 189 Å². The van der Waals surface area contributed by atoms with Gasteiger partial charge in [-0.1, -0.05) is 29.8 Å². The Hall–Kier alpha value is -3.15. The molecule has 2 N–H and O–H groups in total. The maximum atomic E-state index is 13.3. The number of ketones is 1. The van der Waals surface area contributed by atoms with E-state index in [4.69, 9.17) is 19.9 Å². The van der Waals surface area contributed by atoms with E-state index in [9.17, 15) is 10.1 Å². The lowest BCUT2D eigenvalue weighted by atomic mass is 10.1. The van der Waals surface area contributed by atoms with Gasteiger partial charge in [-0.3, -0.25) is 4.79 Å². The van der Waals surface area contributed by atoms with Crippen LogP contribution in [0.5, 0.6) is 17.2 Å². The van der Waals surface area contributed by atoms with Crippen molar-refractivity contribution in [3.63, 3.8) is 0 Å². The van der Waals surface area contributed by atoms with E-state index in [1.54, 1.807) is 12.1 Å². The number of anilines is 1. The number of benzene rings is 2. The van der Waals surface area contributed by atoms with Gasteiger partial charge < -0.3 is 19.9 Å². The first-order chi connectivity index (χ1) is 14.9. The van der Waals surface area contributed by atoms with Crippen LogP contribution in [-0.4, -0.2) is 27.1 Å². The van der Waals surface area contributed by atoms with Crippen LogP contribution >= 0.6 is 23.1 Å². The molecule has 6 nitrogen and oxygen atoms in total. The maximum Gasteiger partial charge on any atom is 0.205 e. The van der Waals surface area contributed by atoms with Crippen molar-refractivity contribution < 1.29 is 19.0 Å². The standard InChI is InChI=1S/C23H22N2O4S2/c1-13-5-7-14(8-6-13)12-30-23-16(11-24)19(25)22(31-23)20(26)15-9-17(27-2)21(29-4)18(10-15)28-3/h5-10H,12,25H2,1-4H3. The molecule has 31 heavy (non-hydrogen) atoms. The van der Waals surface area contributed by atoms with Gasteiger partial charge in [0.25, 0.3) is 0 Å². The molecule has 3 rings (SSSR count). The summed E-state index contributed by atoms with van der Waals surface area (Å²) < 4.78 is 16.7. The highest BCUT2D eigenvalue weighted by molar-refractivity contribution is 8.00. The van der Waals surface area contributed by atoms with Crippen molar-refractivity contribution in [3.8, 4) is 23.3 Å². The number of carbonyl (C=O) groups is 1. The normalized spacial score (nSPS) is 10.4. The first kappa shape index (κ1) is 22.5. The first-order valence-electron chi connectivity index (χ1n) is 9.28. The van der Waals surface area contributed by atoms with Crippen molar-refractivity contribution >= 4 is 34.6 Å². The van der Waals surface area contributed by atoms with Gasteiger partial charge in [-0.05, 0) is 24.6 Å². The fraction of sp³-hybridized carbons (Fsp3) is 0.217. The van der Waals surface area contributed by atoms with Crippen LogP contribution < -0.4 is 19.9 Å². The lowest BCUT2D eigenvalue weighted by molar-refractivity contribution is 0.104. The molecule has 0 atom stereocenters. The molecule has 160 valence electrons. The summed E-state index contributed by atoms with van der Waals surface area (Å²) in [5, 5.41) is 9.63. The molecule has 3 aromatic rings. The summed E-state index contributed by atoms with van der Waals surface area (Å²) in [5.41, 5.74) is 9.38. The molecule has 2 aromatic carbocycles. The van der Waals surface area contributed by atoms with E-state index in [0.29, 0.717) is 39.0 Å². The highest BCUT2D eigenvalue weighted by Crippen LogP contribution is 2.42. The maximum absolute atomic E-state index is 13.3. The molecular formula is C23H22N2O4S2. The smallest absolute Gasteiger partial charge is 0.205 e. The van der Waals surface area contributed by atoms with Crippen molar-refractivity contribution in [2.24, 2.45) is 0 Å². The quantitative estimate of drug-likeness (QED) is 0.375. The minimum absolute atomic E-state index is 0.192. The van der Waals surface area contributed by atoms with Crippen LogP contribution in [-0.2, 0) is 5.75 Å². The van der Waals surface area contributed by atoms with Crippen molar-refractivity contribution in [1.29, 1.82) is 5.26 Å². The van der Waals surface area contributed by atoms with Gasteiger partial charge in [0, 0.05) is 11.3 Å². The molecule has 0 aliphatic rings. The summed E-state index contributed by atoms with van der Waals surface area (Å²) in [6, 6.07) is 13.5. The zero-order valence-corrected chi connectivity index (χ0v) is 19.3. The predicted molar refractivity (Wildman–Crippen MR) is 124 cm³/mol. The first-order valence-corrected chi connectivity index (χ1v) is 11.1. The van der Waals surface area contributed by atoms with E-state index in [1.165, 1.54) is 50.0 Å². The molecule has 0 spiro atoms. The highest BCUT2D eigenvalue weighted by atomic mass is 32.2. The van der Waals surface area contributed by atoms with Gasteiger partial charge in [-0.25, -0.2) is 0 Å². The minimum Gasteiger partial charge on any atom is -0.493 e. The monoisotopic (exact) mass is 454 g/mol. The van der Waals surface area contributed by atoms with Crippen LogP contribution in [0, 0.1) is 18.3 Å². The van der Waals surface area contributed by atoms with E-state index in [0.717, 1.165) is 9.77 Å². The number of nitrogens with two attached hydrogens (primary N) is 1. The third-order valence-electron chi connectivity index (χ3n) is 4.65. The minimum atomic E-state index is -0.305. The molecule has 0 aliphatic carbocycles. The van der Waals surface area contributed by atoms with Crippen molar-refractivity contribution in [2.45, 2.75) is 16.9 Å². The molecule has 1 heterocycles. The number of nitrogens with zero attached hydrogens (tertiary/aromatic N) is 1. The average molecular weight is 455 g/mol. The van der Waals surface area contributed by atoms with E-state index in [1.807, 2.05) is 31.2 Å². The molecular weight excluding hydrogens is 432 g/mol. The number of nitrogen functional groups attached to an aromatic ring is 1. The molecule has 0 radical (unpaired) electrons. The molecule has 0 aliphatic heterocycles. The number of thiophene rings is 1. The molecule has 0 bridgehead atoms. The van der Waals surface area contributed by atoms with Gasteiger partial charge >= 0.3 is 0 Å². The van der Waals surface area contributed by atoms with Crippen LogP contribution in [0.2, 0.25) is 0 Å². The Morgan fingerprint density at radius 1 is 1.10 bits per heavy atom. The van der Waals surface area contributed by atoms with Gasteiger partial charge in [-0.15, -0.1) is 23.1 Å². The Bertz CT molecular complexity index is 1120. The number of aryl methyl sites for hydroxylation is 1. The van der Waals surface area contributed by atoms with Gasteiger partial charge in [0.1, 0.15) is 16.5 Å².